The molecule has 6 aromatic rings. The zero-order valence-electron chi connectivity index (χ0n) is 19.5. The molecule has 2 aromatic carbocycles. The molecule has 0 amide bonds. The number of nitrogens with two attached hydrogens (primary N) is 1. The third-order valence-corrected chi connectivity index (χ3v) is 6.50. The molecule has 0 radical (unpaired) electrons. The number of anilines is 1. The van der Waals surface area contributed by atoms with Gasteiger partial charge in [0.05, 0.1) is 17.4 Å². The Bertz CT molecular complexity index is 1740. The molecule has 0 aliphatic rings. The Hall–Kier alpha value is -4.63. The Morgan fingerprint density at radius 1 is 1.11 bits per heavy atom. The average Bonchev–Trinajstić information content (AvgIpc) is 3.62. The lowest BCUT2D eigenvalue weighted by atomic mass is 10.1. The monoisotopic (exact) mass is 479 g/mol. The number of pyridine rings is 1. The maximum atomic E-state index is 12.6. The first-order valence-electron chi connectivity index (χ1n) is 11.8. The van der Waals surface area contributed by atoms with Gasteiger partial charge in [0, 0.05) is 65.8 Å². The Kier molecular flexibility index (Phi) is 5.38. The summed E-state index contributed by atoms with van der Waals surface area (Å²) in [5, 5.41) is 10.5. The number of rotatable bonds is 7. The molecule has 180 valence electrons. The number of nitrogens with zero attached hydrogens (tertiary/aromatic N) is 4. The summed E-state index contributed by atoms with van der Waals surface area (Å²) in [5.41, 5.74) is 12.3. The molecule has 0 aliphatic carbocycles. The van der Waals surface area contributed by atoms with Crippen molar-refractivity contribution >= 4 is 27.6 Å². The highest BCUT2D eigenvalue weighted by Gasteiger charge is 2.17. The number of aliphatic hydroxyl groups excluding tert-OH is 1. The summed E-state index contributed by atoms with van der Waals surface area (Å²) in [6.07, 6.45) is 10.6. The maximum absolute atomic E-state index is 12.6. The van der Waals surface area contributed by atoms with E-state index < -0.39 is 0 Å². The van der Waals surface area contributed by atoms with Crippen LogP contribution in [0.2, 0.25) is 0 Å². The van der Waals surface area contributed by atoms with E-state index in [4.69, 9.17) is 10.7 Å². The number of aliphatic hydroxyl groups is 1. The van der Waals surface area contributed by atoms with Gasteiger partial charge < -0.3 is 29.9 Å². The lowest BCUT2D eigenvalue weighted by Crippen LogP contribution is -2.11. The van der Waals surface area contributed by atoms with Crippen molar-refractivity contribution in [3.8, 4) is 17.1 Å². The van der Waals surface area contributed by atoms with E-state index in [0.717, 1.165) is 34.2 Å². The van der Waals surface area contributed by atoms with Crippen LogP contribution in [0, 0.1) is 0 Å². The summed E-state index contributed by atoms with van der Waals surface area (Å²) in [4.78, 5) is 27.6. The van der Waals surface area contributed by atoms with E-state index in [1.807, 2.05) is 29.0 Å². The molecular weight excluding hydrogens is 454 g/mol. The van der Waals surface area contributed by atoms with Crippen LogP contribution in [0.3, 0.4) is 0 Å². The zero-order chi connectivity index (χ0) is 24.6. The fraction of sp³-hybridized carbons (Fsp3) is 0.148. The van der Waals surface area contributed by atoms with Gasteiger partial charge >= 0.3 is 0 Å². The molecule has 36 heavy (non-hydrogen) atoms. The van der Waals surface area contributed by atoms with Crippen LogP contribution in [0.4, 0.5) is 5.69 Å². The first-order valence-corrected chi connectivity index (χ1v) is 11.8. The molecule has 0 bridgehead atoms. The molecular formula is C27H25N7O2. The van der Waals surface area contributed by atoms with Gasteiger partial charge in [-0.15, -0.1) is 0 Å². The Labute approximate surface area is 205 Å². The van der Waals surface area contributed by atoms with Crippen LogP contribution in [-0.2, 0) is 13.0 Å². The van der Waals surface area contributed by atoms with Gasteiger partial charge in [0.2, 0.25) is 0 Å². The number of imidazole rings is 2. The van der Waals surface area contributed by atoms with Crippen LogP contribution in [0.1, 0.15) is 17.5 Å². The van der Waals surface area contributed by atoms with Gasteiger partial charge in [0.15, 0.2) is 0 Å². The number of aromatic amines is 2. The van der Waals surface area contributed by atoms with Gasteiger partial charge in [0.1, 0.15) is 11.4 Å². The molecule has 0 unspecified atom stereocenters. The van der Waals surface area contributed by atoms with E-state index >= 15 is 0 Å². The molecule has 9 nitrogen and oxygen atoms in total. The van der Waals surface area contributed by atoms with Crippen LogP contribution >= 0.6 is 0 Å². The molecule has 4 heterocycles. The first-order chi connectivity index (χ1) is 17.6. The standard InChI is InChI=1S/C27H25N7O2/c28-21-7-8-30-27(36)24(21)26-31-22-13-19(33-10-9-29-16-33)12-18(25(22)32-26)15-34-14-17(4-3-11-35)20-5-1-2-6-23(20)34/h1-2,5-10,12-14,16,35H,3-4,11,15H2,(H,31,32)(H3,28,30,36). The summed E-state index contributed by atoms with van der Waals surface area (Å²) >= 11 is 0. The summed E-state index contributed by atoms with van der Waals surface area (Å²) in [5.74, 6) is 0.425. The van der Waals surface area contributed by atoms with E-state index in [2.05, 4.69) is 43.9 Å². The van der Waals surface area contributed by atoms with Gasteiger partial charge in [-0.25, -0.2) is 9.97 Å². The third-order valence-electron chi connectivity index (χ3n) is 6.50. The molecule has 0 fully saturated rings. The number of para-hydroxylation sites is 1. The van der Waals surface area contributed by atoms with Crippen molar-refractivity contribution in [2.45, 2.75) is 19.4 Å². The number of aryl methyl sites for hydroxylation is 1. The number of hydrogen-bond acceptors (Lipinski definition) is 5. The SMILES string of the molecule is Nc1cc[nH]c(=O)c1-c1nc2c(Cn3cc(CCCO)c4ccccc43)cc(-n3ccnc3)cc2[nH]1. The normalized spacial score (nSPS) is 11.6. The fourth-order valence-electron chi connectivity index (χ4n) is 4.82. The number of nitrogens with one attached hydrogen (secondary N) is 2. The molecule has 4 aromatic heterocycles. The topological polar surface area (TPSA) is 131 Å². The predicted molar refractivity (Wildman–Crippen MR) is 140 cm³/mol. The molecule has 0 atom stereocenters. The molecule has 0 aliphatic heterocycles. The zero-order valence-corrected chi connectivity index (χ0v) is 19.5. The minimum absolute atomic E-state index is 0.158. The number of fused-ring (bicyclic) bond motifs is 2. The Morgan fingerprint density at radius 3 is 2.81 bits per heavy atom. The van der Waals surface area contributed by atoms with Gasteiger partial charge in [0.25, 0.3) is 5.56 Å². The highest BCUT2D eigenvalue weighted by Crippen LogP contribution is 2.29. The first kappa shape index (κ1) is 21.9. The summed E-state index contributed by atoms with van der Waals surface area (Å²) in [6, 6.07) is 14.0. The van der Waals surface area contributed by atoms with Gasteiger partial charge in [-0.2, -0.15) is 0 Å². The largest absolute Gasteiger partial charge is 0.398 e. The van der Waals surface area contributed by atoms with Crippen molar-refractivity contribution in [2.75, 3.05) is 12.3 Å². The van der Waals surface area contributed by atoms with E-state index in [1.165, 1.54) is 17.1 Å². The number of hydrogen-bond donors (Lipinski definition) is 4. The number of H-pyrrole nitrogens is 2. The molecule has 0 saturated carbocycles. The quantitative estimate of drug-likeness (QED) is 0.278. The second kappa shape index (κ2) is 8.86. The molecule has 6 rings (SSSR count). The van der Waals surface area contributed by atoms with Gasteiger partial charge in [-0.05, 0) is 42.7 Å². The second-order valence-corrected chi connectivity index (χ2v) is 8.82. The highest BCUT2D eigenvalue weighted by atomic mass is 16.2. The molecule has 0 spiro atoms. The van der Waals surface area contributed by atoms with Crippen molar-refractivity contribution in [1.82, 2.24) is 29.1 Å². The second-order valence-electron chi connectivity index (χ2n) is 8.82. The lowest BCUT2D eigenvalue weighted by molar-refractivity contribution is 0.288. The highest BCUT2D eigenvalue weighted by molar-refractivity contribution is 5.87. The number of benzene rings is 2. The number of aromatic nitrogens is 6. The fourth-order valence-corrected chi connectivity index (χ4v) is 4.82. The van der Waals surface area contributed by atoms with E-state index in [1.54, 1.807) is 18.6 Å². The van der Waals surface area contributed by atoms with Crippen LogP contribution in [0.25, 0.3) is 39.0 Å². The Balaban J connectivity index is 1.53. The van der Waals surface area contributed by atoms with Crippen LogP contribution in [0.15, 0.2) is 78.4 Å². The minimum atomic E-state index is -0.296. The van der Waals surface area contributed by atoms with Crippen molar-refractivity contribution in [3.05, 3.63) is 95.1 Å². The van der Waals surface area contributed by atoms with Crippen LogP contribution in [-0.4, -0.2) is 40.8 Å². The summed E-state index contributed by atoms with van der Waals surface area (Å²) in [7, 11) is 0. The van der Waals surface area contributed by atoms with E-state index in [0.29, 0.717) is 30.0 Å². The van der Waals surface area contributed by atoms with Crippen molar-refractivity contribution in [3.63, 3.8) is 0 Å². The van der Waals surface area contributed by atoms with Crippen molar-refractivity contribution in [2.24, 2.45) is 0 Å². The smallest absolute Gasteiger partial charge is 0.261 e. The summed E-state index contributed by atoms with van der Waals surface area (Å²) in [6.45, 7) is 0.731. The van der Waals surface area contributed by atoms with Gasteiger partial charge in [-0.1, -0.05) is 18.2 Å². The third kappa shape index (κ3) is 3.75. The molecule has 0 saturated heterocycles. The predicted octanol–water partition coefficient (Wildman–Crippen LogP) is 3.61. The Morgan fingerprint density at radius 2 is 2.00 bits per heavy atom. The lowest BCUT2D eigenvalue weighted by Gasteiger charge is -2.10. The average molecular weight is 480 g/mol. The van der Waals surface area contributed by atoms with E-state index in [-0.39, 0.29) is 12.2 Å². The van der Waals surface area contributed by atoms with Crippen molar-refractivity contribution < 1.29 is 5.11 Å². The molecule has 9 heteroatoms. The summed E-state index contributed by atoms with van der Waals surface area (Å²) < 4.78 is 4.15. The number of nitrogen functional groups attached to an aromatic ring is 1. The minimum Gasteiger partial charge on any atom is -0.398 e. The van der Waals surface area contributed by atoms with Gasteiger partial charge in [-0.3, -0.25) is 4.79 Å². The van der Waals surface area contributed by atoms with Crippen LogP contribution < -0.4 is 11.3 Å². The molecule has 5 N–H and O–H groups in total. The van der Waals surface area contributed by atoms with Crippen LogP contribution in [0.5, 0.6) is 0 Å². The maximum Gasteiger partial charge on any atom is 0.261 e. The van der Waals surface area contributed by atoms with Crippen molar-refractivity contribution in [1.29, 1.82) is 0 Å². The van der Waals surface area contributed by atoms with E-state index in [9.17, 15) is 9.90 Å².